The number of hydrogen-bond acceptors (Lipinski definition) is 2. The minimum absolute atomic E-state index is 0. The van der Waals surface area contributed by atoms with Gasteiger partial charge in [0.25, 0.3) is 0 Å². The predicted octanol–water partition coefficient (Wildman–Crippen LogP) is 3.07. The van der Waals surface area contributed by atoms with Crippen molar-refractivity contribution in [3.05, 3.63) is 28.5 Å². The molecule has 0 aromatic carbocycles. The van der Waals surface area contributed by atoms with Crippen LogP contribution in [0.3, 0.4) is 0 Å². The van der Waals surface area contributed by atoms with E-state index in [1.807, 2.05) is 12.1 Å². The number of aromatic nitrogens is 1. The summed E-state index contributed by atoms with van der Waals surface area (Å²) in [7, 11) is 0. The van der Waals surface area contributed by atoms with E-state index in [1.165, 1.54) is 0 Å². The topological polar surface area (TPSA) is 38.9 Å². The second-order valence-electron chi connectivity index (χ2n) is 2.80. The van der Waals surface area contributed by atoms with Crippen molar-refractivity contribution in [3.63, 3.8) is 0 Å². The summed E-state index contributed by atoms with van der Waals surface area (Å²) in [4.78, 5) is 4.22. The number of rotatable bonds is 3. The molecule has 0 saturated carbocycles. The molecule has 1 heterocycles. The van der Waals surface area contributed by atoms with Crippen LogP contribution in [0.15, 0.2) is 22.8 Å². The normalized spacial score (nSPS) is 11.9. The quantitative estimate of drug-likeness (QED) is 0.912. The van der Waals surface area contributed by atoms with Crippen LogP contribution in [0.25, 0.3) is 0 Å². The fourth-order valence-corrected chi connectivity index (χ4v) is 1.30. The Balaban J connectivity index is 0.00000144. The molecule has 1 rings (SSSR count). The Labute approximate surface area is 93.5 Å². The third-order valence-corrected chi connectivity index (χ3v) is 2.20. The fourth-order valence-electron chi connectivity index (χ4n) is 1.07. The van der Waals surface area contributed by atoms with E-state index in [4.69, 9.17) is 5.73 Å². The van der Waals surface area contributed by atoms with E-state index in [1.54, 1.807) is 6.20 Å². The van der Waals surface area contributed by atoms with Crippen LogP contribution in [-0.4, -0.2) is 4.98 Å². The molecule has 2 N–H and O–H groups in total. The summed E-state index contributed by atoms with van der Waals surface area (Å²) in [5.74, 6) is 0. The zero-order valence-electron chi connectivity index (χ0n) is 7.53. The summed E-state index contributed by atoms with van der Waals surface area (Å²) in [6, 6.07) is 4.02. The highest BCUT2D eigenvalue weighted by Gasteiger charge is 2.04. The van der Waals surface area contributed by atoms with Crippen molar-refractivity contribution in [1.29, 1.82) is 0 Å². The van der Waals surface area contributed by atoms with Gasteiger partial charge in [-0.05, 0) is 34.5 Å². The molecule has 0 aliphatic heterocycles. The van der Waals surface area contributed by atoms with Crippen molar-refractivity contribution in [2.75, 3.05) is 0 Å². The van der Waals surface area contributed by atoms with Gasteiger partial charge in [-0.1, -0.05) is 13.3 Å². The van der Waals surface area contributed by atoms with Crippen LogP contribution >= 0.6 is 28.3 Å². The number of pyridine rings is 1. The maximum absolute atomic E-state index is 5.88. The number of hydrogen-bond donors (Lipinski definition) is 1. The Morgan fingerprint density at radius 2 is 2.23 bits per heavy atom. The van der Waals surface area contributed by atoms with E-state index in [-0.39, 0.29) is 18.4 Å². The van der Waals surface area contributed by atoms with Crippen LogP contribution in [0.5, 0.6) is 0 Å². The Hall–Kier alpha value is -0.120. The van der Waals surface area contributed by atoms with Crippen molar-refractivity contribution in [2.45, 2.75) is 25.8 Å². The van der Waals surface area contributed by atoms with Gasteiger partial charge in [0.15, 0.2) is 0 Å². The maximum atomic E-state index is 5.88. The second-order valence-corrected chi connectivity index (χ2v) is 3.71. The van der Waals surface area contributed by atoms with E-state index in [0.717, 1.165) is 23.0 Å². The largest absolute Gasteiger partial charge is 0.323 e. The predicted molar refractivity (Wildman–Crippen MR) is 61.0 cm³/mol. The maximum Gasteiger partial charge on any atom is 0.0571 e. The highest BCUT2D eigenvalue weighted by molar-refractivity contribution is 9.10. The molecule has 0 bridgehead atoms. The van der Waals surface area contributed by atoms with Crippen LogP contribution in [0.1, 0.15) is 31.5 Å². The first kappa shape index (κ1) is 12.9. The first-order chi connectivity index (χ1) is 5.74. The SMILES string of the molecule is CCC[C@H](N)c1ccc(Br)cn1.Cl. The van der Waals surface area contributed by atoms with Gasteiger partial charge in [0.05, 0.1) is 5.69 Å². The fraction of sp³-hybridized carbons (Fsp3) is 0.444. The van der Waals surface area contributed by atoms with Gasteiger partial charge in [0.2, 0.25) is 0 Å². The average Bonchev–Trinajstić information content (AvgIpc) is 2.06. The first-order valence-electron chi connectivity index (χ1n) is 4.11. The summed E-state index contributed by atoms with van der Waals surface area (Å²) >= 11 is 3.33. The van der Waals surface area contributed by atoms with Crippen LogP contribution < -0.4 is 5.73 Å². The molecular formula is C9H14BrClN2. The van der Waals surface area contributed by atoms with Gasteiger partial charge < -0.3 is 5.73 Å². The Morgan fingerprint density at radius 3 is 2.69 bits per heavy atom. The summed E-state index contributed by atoms with van der Waals surface area (Å²) < 4.78 is 0.995. The first-order valence-corrected chi connectivity index (χ1v) is 4.90. The second kappa shape index (κ2) is 6.35. The molecule has 2 nitrogen and oxygen atoms in total. The van der Waals surface area contributed by atoms with Gasteiger partial charge >= 0.3 is 0 Å². The number of halogens is 2. The van der Waals surface area contributed by atoms with E-state index in [9.17, 15) is 0 Å². The van der Waals surface area contributed by atoms with E-state index in [2.05, 4.69) is 27.8 Å². The van der Waals surface area contributed by atoms with E-state index < -0.39 is 0 Å². The van der Waals surface area contributed by atoms with E-state index >= 15 is 0 Å². The van der Waals surface area contributed by atoms with Crippen molar-refractivity contribution >= 4 is 28.3 Å². The smallest absolute Gasteiger partial charge is 0.0571 e. The molecule has 13 heavy (non-hydrogen) atoms. The molecule has 0 aliphatic rings. The van der Waals surface area contributed by atoms with Crippen molar-refractivity contribution in [3.8, 4) is 0 Å². The van der Waals surface area contributed by atoms with Gasteiger partial charge in [0, 0.05) is 16.7 Å². The summed E-state index contributed by atoms with van der Waals surface area (Å²) in [6.07, 6.45) is 3.87. The highest BCUT2D eigenvalue weighted by atomic mass is 79.9. The van der Waals surface area contributed by atoms with Crippen molar-refractivity contribution in [1.82, 2.24) is 4.98 Å². The number of nitrogens with two attached hydrogens (primary N) is 1. The Bertz CT molecular complexity index is 238. The van der Waals surface area contributed by atoms with Crippen molar-refractivity contribution in [2.24, 2.45) is 5.73 Å². The molecule has 1 atom stereocenters. The average molecular weight is 266 g/mol. The molecule has 0 unspecified atom stereocenters. The molecule has 0 fully saturated rings. The molecule has 1 aromatic rings. The summed E-state index contributed by atoms with van der Waals surface area (Å²) in [5, 5.41) is 0. The Kier molecular flexibility index (Phi) is 6.29. The molecule has 1 aromatic heterocycles. The third-order valence-electron chi connectivity index (χ3n) is 1.73. The van der Waals surface area contributed by atoms with Gasteiger partial charge in [-0.15, -0.1) is 12.4 Å². The monoisotopic (exact) mass is 264 g/mol. The molecule has 0 radical (unpaired) electrons. The molecule has 0 spiro atoms. The number of nitrogens with zero attached hydrogens (tertiary/aromatic N) is 1. The van der Waals surface area contributed by atoms with Gasteiger partial charge in [-0.25, -0.2) is 0 Å². The lowest BCUT2D eigenvalue weighted by Crippen LogP contribution is -2.11. The van der Waals surface area contributed by atoms with Crippen LogP contribution in [0.2, 0.25) is 0 Å². The summed E-state index contributed by atoms with van der Waals surface area (Å²) in [6.45, 7) is 2.12. The minimum atomic E-state index is 0. The molecular weight excluding hydrogens is 251 g/mol. The van der Waals surface area contributed by atoms with E-state index in [0.29, 0.717) is 0 Å². The lowest BCUT2D eigenvalue weighted by molar-refractivity contribution is 0.621. The third kappa shape index (κ3) is 4.07. The van der Waals surface area contributed by atoms with Crippen molar-refractivity contribution < 1.29 is 0 Å². The lowest BCUT2D eigenvalue weighted by Gasteiger charge is -2.08. The van der Waals surface area contributed by atoms with Crippen LogP contribution in [0.4, 0.5) is 0 Å². The van der Waals surface area contributed by atoms with Gasteiger partial charge in [-0.2, -0.15) is 0 Å². The Morgan fingerprint density at radius 1 is 1.54 bits per heavy atom. The molecule has 0 saturated heterocycles. The zero-order chi connectivity index (χ0) is 8.97. The summed E-state index contributed by atoms with van der Waals surface area (Å²) in [5.41, 5.74) is 6.85. The lowest BCUT2D eigenvalue weighted by atomic mass is 10.1. The van der Waals surface area contributed by atoms with Gasteiger partial charge in [0.1, 0.15) is 0 Å². The molecule has 4 heteroatoms. The van der Waals surface area contributed by atoms with Crippen LogP contribution in [0, 0.1) is 0 Å². The zero-order valence-corrected chi connectivity index (χ0v) is 9.94. The standard InChI is InChI=1S/C9H13BrN2.ClH/c1-2-3-8(11)9-5-4-7(10)6-12-9;/h4-6,8H,2-3,11H2,1H3;1H/t8-;/m0./s1. The van der Waals surface area contributed by atoms with Crippen LogP contribution in [-0.2, 0) is 0 Å². The minimum Gasteiger partial charge on any atom is -0.323 e. The van der Waals surface area contributed by atoms with Gasteiger partial charge in [-0.3, -0.25) is 4.98 Å². The highest BCUT2D eigenvalue weighted by Crippen LogP contribution is 2.15. The molecule has 0 aliphatic carbocycles. The molecule has 74 valence electrons. The molecule has 0 amide bonds.